The average Bonchev–Trinajstić information content (AvgIpc) is 2.70. The van der Waals surface area contributed by atoms with Crippen LogP contribution < -0.4 is 4.90 Å². The first-order valence-electron chi connectivity index (χ1n) is 8.82. The van der Waals surface area contributed by atoms with Crippen LogP contribution in [0.2, 0.25) is 10.0 Å². The van der Waals surface area contributed by atoms with Crippen molar-refractivity contribution in [3.8, 4) is 6.07 Å². The maximum absolute atomic E-state index is 12.9. The van der Waals surface area contributed by atoms with Crippen LogP contribution in [0.1, 0.15) is 23.5 Å². The number of aryl methyl sites for hydroxylation is 1. The topological polar surface area (TPSA) is 47.3 Å². The number of nitrogens with zero attached hydrogens (tertiary/aromatic N) is 3. The van der Waals surface area contributed by atoms with Crippen molar-refractivity contribution in [2.75, 3.05) is 17.4 Å². The van der Waals surface area contributed by atoms with Crippen LogP contribution in [0.15, 0.2) is 53.1 Å². The molecule has 2 aromatic carbocycles. The van der Waals surface area contributed by atoms with Crippen molar-refractivity contribution < 1.29 is 4.79 Å². The van der Waals surface area contributed by atoms with E-state index in [1.807, 2.05) is 37.3 Å². The van der Waals surface area contributed by atoms with Crippen LogP contribution in [0, 0.1) is 18.3 Å². The number of anilines is 1. The summed E-state index contributed by atoms with van der Waals surface area (Å²) < 4.78 is 0. The molecule has 0 unspecified atom stereocenters. The Hall–Kier alpha value is -2.13. The number of hydrogen-bond donors (Lipinski definition) is 0. The predicted molar refractivity (Wildman–Crippen MR) is 114 cm³/mol. The largest absolute Gasteiger partial charge is 0.344 e. The molecule has 0 N–H and O–H groups in total. The molecule has 1 amide bonds. The van der Waals surface area contributed by atoms with Crippen LogP contribution in [0.25, 0.3) is 0 Å². The summed E-state index contributed by atoms with van der Waals surface area (Å²) in [5.41, 5.74) is 3.57. The van der Waals surface area contributed by atoms with Crippen LogP contribution in [-0.2, 0) is 4.79 Å². The second kappa shape index (κ2) is 7.71. The highest BCUT2D eigenvalue weighted by Crippen LogP contribution is 2.43. The van der Waals surface area contributed by atoms with Gasteiger partial charge in [-0.15, -0.1) is 0 Å². The third-order valence-corrected chi connectivity index (χ3v) is 6.90. The summed E-state index contributed by atoms with van der Waals surface area (Å²) >= 11 is 13.8. The molecule has 1 saturated heterocycles. The van der Waals surface area contributed by atoms with E-state index in [-0.39, 0.29) is 18.2 Å². The van der Waals surface area contributed by atoms with Gasteiger partial charge in [0.25, 0.3) is 0 Å². The van der Waals surface area contributed by atoms with E-state index in [1.165, 1.54) is 11.8 Å². The highest BCUT2D eigenvalue weighted by atomic mass is 35.5. The molecule has 0 radical (unpaired) electrons. The van der Waals surface area contributed by atoms with Crippen molar-refractivity contribution in [1.29, 1.82) is 5.26 Å². The molecule has 2 aliphatic rings. The molecule has 7 heteroatoms. The Morgan fingerprint density at radius 1 is 1.18 bits per heavy atom. The number of allylic oxidation sites excluding steroid dienone is 1. The summed E-state index contributed by atoms with van der Waals surface area (Å²) in [5.74, 6) is 0.440. The molecule has 2 heterocycles. The van der Waals surface area contributed by atoms with E-state index in [1.54, 1.807) is 17.0 Å². The molecular formula is C21H17Cl2N3OS. The minimum absolute atomic E-state index is 0.0179. The Kier molecular flexibility index (Phi) is 5.29. The van der Waals surface area contributed by atoms with Crippen LogP contribution in [-0.4, -0.2) is 23.4 Å². The zero-order chi connectivity index (χ0) is 19.8. The Labute approximate surface area is 178 Å². The first-order chi connectivity index (χ1) is 13.5. The van der Waals surface area contributed by atoms with Crippen LogP contribution in [0.5, 0.6) is 0 Å². The summed E-state index contributed by atoms with van der Waals surface area (Å²) in [5, 5.41) is 11.9. The first-order valence-corrected chi connectivity index (χ1v) is 10.6. The predicted octanol–water partition coefficient (Wildman–Crippen LogP) is 5.52. The van der Waals surface area contributed by atoms with Crippen molar-refractivity contribution in [1.82, 2.24) is 4.90 Å². The van der Waals surface area contributed by atoms with Gasteiger partial charge in [-0.1, -0.05) is 53.2 Å². The lowest BCUT2D eigenvalue weighted by atomic mass is 9.86. The van der Waals surface area contributed by atoms with Crippen molar-refractivity contribution >= 4 is 46.6 Å². The summed E-state index contributed by atoms with van der Waals surface area (Å²) in [6, 6.07) is 15.6. The molecule has 0 spiro atoms. The normalized spacial score (nSPS) is 19.5. The molecule has 1 atom stereocenters. The summed E-state index contributed by atoms with van der Waals surface area (Å²) in [6.45, 7) is 2.38. The van der Waals surface area contributed by atoms with Gasteiger partial charge in [-0.05, 0) is 42.3 Å². The number of halogens is 2. The fraction of sp³-hybridized carbons (Fsp3) is 0.238. The molecule has 4 nitrogen and oxygen atoms in total. The Morgan fingerprint density at radius 2 is 1.93 bits per heavy atom. The quantitative estimate of drug-likeness (QED) is 0.630. The van der Waals surface area contributed by atoms with Crippen molar-refractivity contribution in [2.24, 2.45) is 0 Å². The summed E-state index contributed by atoms with van der Waals surface area (Å²) in [7, 11) is 0. The van der Waals surface area contributed by atoms with Crippen molar-refractivity contribution in [2.45, 2.75) is 19.3 Å². The Morgan fingerprint density at radius 3 is 2.61 bits per heavy atom. The third-order valence-electron chi connectivity index (χ3n) is 5.09. The van der Waals surface area contributed by atoms with E-state index in [4.69, 9.17) is 23.2 Å². The van der Waals surface area contributed by atoms with Gasteiger partial charge in [-0.3, -0.25) is 9.69 Å². The lowest BCUT2D eigenvalue weighted by molar-refractivity contribution is -0.129. The SMILES string of the molecule is Cc1ccc(N2CSC3=C(C#N)[C@H](c4ccc(Cl)cc4)CC(=O)N3C2)cc1Cl. The summed E-state index contributed by atoms with van der Waals surface area (Å²) in [4.78, 5) is 16.7. The van der Waals surface area contributed by atoms with Gasteiger partial charge in [0.15, 0.2) is 0 Å². The number of carbonyl (C=O) groups is 1. The van der Waals surface area contributed by atoms with Gasteiger partial charge in [-0.2, -0.15) is 5.26 Å². The molecular weight excluding hydrogens is 413 g/mol. The van der Waals surface area contributed by atoms with Crippen molar-refractivity contribution in [3.05, 3.63) is 74.2 Å². The standard InChI is InChI=1S/C21H17Cl2N3OS/c1-13-2-7-16(8-19(13)23)25-11-26-20(27)9-17(14-3-5-15(22)6-4-14)18(10-24)21(26)28-12-25/h2-8,17H,9,11-12H2,1H3/t17-/m0/s1. The molecule has 28 heavy (non-hydrogen) atoms. The third kappa shape index (κ3) is 3.48. The second-order valence-electron chi connectivity index (χ2n) is 6.85. The maximum atomic E-state index is 12.9. The van der Waals surface area contributed by atoms with E-state index >= 15 is 0 Å². The number of rotatable bonds is 2. The minimum atomic E-state index is -0.228. The van der Waals surface area contributed by atoms with Crippen LogP contribution in [0.3, 0.4) is 0 Å². The molecule has 4 rings (SSSR count). The molecule has 0 aromatic heterocycles. The molecule has 0 bridgehead atoms. The van der Waals surface area contributed by atoms with Gasteiger partial charge in [0.1, 0.15) is 0 Å². The van der Waals surface area contributed by atoms with E-state index in [9.17, 15) is 10.1 Å². The van der Waals surface area contributed by atoms with E-state index in [0.29, 0.717) is 28.2 Å². The molecule has 1 fully saturated rings. The first kappa shape index (κ1) is 19.2. The van der Waals surface area contributed by atoms with Gasteiger partial charge >= 0.3 is 0 Å². The van der Waals surface area contributed by atoms with Crippen molar-refractivity contribution in [3.63, 3.8) is 0 Å². The van der Waals surface area contributed by atoms with Gasteiger partial charge in [0, 0.05) is 28.1 Å². The van der Waals surface area contributed by atoms with Crippen LogP contribution >= 0.6 is 35.0 Å². The average molecular weight is 430 g/mol. The summed E-state index contributed by atoms with van der Waals surface area (Å²) in [6.07, 6.45) is 0.275. The number of fused-ring (bicyclic) bond motifs is 1. The lowest BCUT2D eigenvalue weighted by Gasteiger charge is -2.42. The fourth-order valence-electron chi connectivity index (χ4n) is 3.48. The number of hydrogen-bond acceptors (Lipinski definition) is 4. The smallest absolute Gasteiger partial charge is 0.229 e. The Bertz CT molecular complexity index is 1010. The van der Waals surface area contributed by atoms with E-state index < -0.39 is 0 Å². The number of benzene rings is 2. The van der Waals surface area contributed by atoms with Crippen LogP contribution in [0.4, 0.5) is 5.69 Å². The number of carbonyl (C=O) groups excluding carboxylic acids is 1. The zero-order valence-electron chi connectivity index (χ0n) is 15.2. The highest BCUT2D eigenvalue weighted by molar-refractivity contribution is 8.03. The maximum Gasteiger partial charge on any atom is 0.229 e. The molecule has 2 aliphatic heterocycles. The molecule has 0 saturated carbocycles. The molecule has 2 aromatic rings. The number of thioether (sulfide) groups is 1. The number of nitriles is 1. The van der Waals surface area contributed by atoms with E-state index in [0.717, 1.165) is 21.8 Å². The lowest BCUT2D eigenvalue weighted by Crippen LogP contribution is -2.47. The fourth-order valence-corrected chi connectivity index (χ4v) is 4.95. The minimum Gasteiger partial charge on any atom is -0.344 e. The Balaban J connectivity index is 1.65. The van der Waals surface area contributed by atoms with Gasteiger partial charge in [0.2, 0.25) is 5.91 Å². The molecule has 0 aliphatic carbocycles. The monoisotopic (exact) mass is 429 g/mol. The second-order valence-corrected chi connectivity index (χ2v) is 8.63. The highest BCUT2D eigenvalue weighted by Gasteiger charge is 2.38. The van der Waals surface area contributed by atoms with Gasteiger partial charge in [-0.25, -0.2) is 0 Å². The molecule has 142 valence electrons. The zero-order valence-corrected chi connectivity index (χ0v) is 17.5. The van der Waals surface area contributed by atoms with Gasteiger partial charge < -0.3 is 4.90 Å². The number of amides is 1. The van der Waals surface area contributed by atoms with E-state index in [2.05, 4.69) is 11.0 Å². The van der Waals surface area contributed by atoms with Gasteiger partial charge in [0.05, 0.1) is 29.2 Å².